The van der Waals surface area contributed by atoms with E-state index in [-0.39, 0.29) is 5.91 Å². The molecule has 0 aliphatic carbocycles. The van der Waals surface area contributed by atoms with E-state index in [0.717, 1.165) is 11.1 Å². The van der Waals surface area contributed by atoms with E-state index in [2.05, 4.69) is 15.3 Å². The Kier molecular flexibility index (Phi) is 5.93. The van der Waals surface area contributed by atoms with Gasteiger partial charge in [-0.25, -0.2) is 4.98 Å². The summed E-state index contributed by atoms with van der Waals surface area (Å²) >= 11 is 12.2. The predicted octanol–water partition coefficient (Wildman–Crippen LogP) is 6.17. The van der Waals surface area contributed by atoms with E-state index in [9.17, 15) is 4.79 Å². The van der Waals surface area contributed by atoms with Gasteiger partial charge < -0.3 is 14.5 Å². The zero-order valence-corrected chi connectivity index (χ0v) is 18.2. The summed E-state index contributed by atoms with van der Waals surface area (Å²) in [6.07, 6.45) is 4.64. The number of halogens is 2. The van der Waals surface area contributed by atoms with Gasteiger partial charge in [0.05, 0.1) is 12.1 Å². The van der Waals surface area contributed by atoms with E-state index >= 15 is 0 Å². The van der Waals surface area contributed by atoms with Gasteiger partial charge in [0.15, 0.2) is 11.2 Å². The SMILES string of the molecule is COc1c(Cl)cc(Cl)cc1/C=C/C(=O)Nc1cccc(-c2nc3ncccc3o2)c1C. The van der Waals surface area contributed by atoms with Gasteiger partial charge in [-0.2, -0.15) is 4.98 Å². The predicted molar refractivity (Wildman–Crippen MR) is 123 cm³/mol. The van der Waals surface area contributed by atoms with E-state index < -0.39 is 0 Å². The molecule has 0 aliphatic rings. The van der Waals surface area contributed by atoms with E-state index in [0.29, 0.717) is 44.2 Å². The number of anilines is 1. The summed E-state index contributed by atoms with van der Waals surface area (Å²) in [5.41, 5.74) is 3.95. The number of methoxy groups -OCH3 is 1. The van der Waals surface area contributed by atoms with Crippen molar-refractivity contribution < 1.29 is 13.9 Å². The minimum absolute atomic E-state index is 0.322. The van der Waals surface area contributed by atoms with Crippen LogP contribution in [0.15, 0.2) is 59.2 Å². The molecule has 0 saturated heterocycles. The highest BCUT2D eigenvalue weighted by Gasteiger charge is 2.14. The number of nitrogens with one attached hydrogen (secondary N) is 1. The number of nitrogens with zero attached hydrogens (tertiary/aromatic N) is 2. The first-order valence-electron chi connectivity index (χ1n) is 9.30. The number of pyridine rings is 1. The summed E-state index contributed by atoms with van der Waals surface area (Å²) in [6, 6.07) is 12.4. The van der Waals surface area contributed by atoms with Crippen LogP contribution < -0.4 is 10.1 Å². The minimum Gasteiger partial charge on any atom is -0.495 e. The summed E-state index contributed by atoms with van der Waals surface area (Å²) in [6.45, 7) is 1.89. The van der Waals surface area contributed by atoms with Gasteiger partial charge in [-0.1, -0.05) is 29.3 Å². The summed E-state index contributed by atoms with van der Waals surface area (Å²) in [7, 11) is 1.50. The van der Waals surface area contributed by atoms with E-state index in [1.54, 1.807) is 36.5 Å². The number of hydrogen-bond donors (Lipinski definition) is 1. The Balaban J connectivity index is 1.58. The molecule has 4 aromatic rings. The van der Waals surface area contributed by atoms with E-state index in [1.807, 2.05) is 25.1 Å². The normalized spacial score (nSPS) is 11.2. The molecule has 0 unspecified atom stereocenters. The fourth-order valence-corrected chi connectivity index (χ4v) is 3.73. The summed E-state index contributed by atoms with van der Waals surface area (Å²) in [4.78, 5) is 21.2. The number of carbonyl (C=O) groups is 1. The highest BCUT2D eigenvalue weighted by Crippen LogP contribution is 2.33. The monoisotopic (exact) mass is 453 g/mol. The molecule has 0 saturated carbocycles. The Bertz CT molecular complexity index is 1280. The van der Waals surface area contributed by atoms with Crippen LogP contribution in [0.4, 0.5) is 5.69 Å². The van der Waals surface area contributed by atoms with Crippen LogP contribution in [0.2, 0.25) is 10.0 Å². The smallest absolute Gasteiger partial charge is 0.248 e. The molecule has 1 amide bonds. The van der Waals surface area contributed by atoms with Crippen molar-refractivity contribution in [2.75, 3.05) is 12.4 Å². The van der Waals surface area contributed by atoms with E-state index in [4.69, 9.17) is 32.4 Å². The van der Waals surface area contributed by atoms with E-state index in [1.165, 1.54) is 13.2 Å². The maximum atomic E-state index is 12.5. The number of hydrogen-bond acceptors (Lipinski definition) is 5. The van der Waals surface area contributed by atoms with Crippen molar-refractivity contribution in [2.24, 2.45) is 0 Å². The molecule has 2 heterocycles. The first-order valence-corrected chi connectivity index (χ1v) is 10.1. The molecule has 0 radical (unpaired) electrons. The quantitative estimate of drug-likeness (QED) is 0.365. The third-order valence-corrected chi connectivity index (χ3v) is 5.14. The van der Waals surface area contributed by atoms with Crippen LogP contribution in [0.3, 0.4) is 0 Å². The first-order chi connectivity index (χ1) is 15.0. The Morgan fingerprint density at radius 1 is 1.19 bits per heavy atom. The summed E-state index contributed by atoms with van der Waals surface area (Å²) in [5, 5.41) is 3.69. The van der Waals surface area contributed by atoms with Gasteiger partial charge in [0, 0.05) is 34.1 Å². The molecule has 8 heteroatoms. The number of amides is 1. The highest BCUT2D eigenvalue weighted by molar-refractivity contribution is 6.36. The Morgan fingerprint density at radius 2 is 2.03 bits per heavy atom. The molecule has 6 nitrogen and oxygen atoms in total. The fourth-order valence-electron chi connectivity index (χ4n) is 3.15. The fraction of sp³-hybridized carbons (Fsp3) is 0.0870. The third-order valence-electron chi connectivity index (χ3n) is 4.64. The minimum atomic E-state index is -0.322. The lowest BCUT2D eigenvalue weighted by Crippen LogP contribution is -2.09. The molecule has 31 heavy (non-hydrogen) atoms. The maximum Gasteiger partial charge on any atom is 0.248 e. The van der Waals surface area contributed by atoms with Crippen LogP contribution >= 0.6 is 23.2 Å². The van der Waals surface area contributed by atoms with Gasteiger partial charge in [-0.3, -0.25) is 4.79 Å². The largest absolute Gasteiger partial charge is 0.495 e. The van der Waals surface area contributed by atoms with Crippen molar-refractivity contribution in [1.82, 2.24) is 9.97 Å². The van der Waals surface area contributed by atoms with Crippen molar-refractivity contribution in [3.63, 3.8) is 0 Å². The second-order valence-corrected chi connectivity index (χ2v) is 7.50. The first kappa shape index (κ1) is 20.9. The van der Waals surface area contributed by atoms with Gasteiger partial charge in [-0.15, -0.1) is 0 Å². The van der Waals surface area contributed by atoms with Crippen molar-refractivity contribution in [1.29, 1.82) is 0 Å². The van der Waals surface area contributed by atoms with Crippen molar-refractivity contribution in [2.45, 2.75) is 6.92 Å². The average molecular weight is 454 g/mol. The molecular weight excluding hydrogens is 437 g/mol. The van der Waals surface area contributed by atoms with Gasteiger partial charge >= 0.3 is 0 Å². The number of aromatic nitrogens is 2. The Morgan fingerprint density at radius 3 is 2.81 bits per heavy atom. The van der Waals surface area contributed by atoms with Gasteiger partial charge in [0.1, 0.15) is 5.75 Å². The highest BCUT2D eigenvalue weighted by atomic mass is 35.5. The molecule has 0 aliphatic heterocycles. The number of fused-ring (bicyclic) bond motifs is 1. The number of rotatable bonds is 5. The van der Waals surface area contributed by atoms with Gasteiger partial charge in [0.2, 0.25) is 11.8 Å². The summed E-state index contributed by atoms with van der Waals surface area (Å²) < 4.78 is 11.1. The Hall–Kier alpha value is -3.35. The summed E-state index contributed by atoms with van der Waals surface area (Å²) in [5.74, 6) is 0.562. The molecule has 0 spiro atoms. The second kappa shape index (κ2) is 8.79. The van der Waals surface area contributed by atoms with Gasteiger partial charge in [0.25, 0.3) is 0 Å². The molecule has 0 atom stereocenters. The standard InChI is InChI=1S/C23H17Cl2N3O3/c1-13-16(23-28-22-19(31-23)7-4-10-26-22)5-3-6-18(13)27-20(29)9-8-14-11-15(24)12-17(25)21(14)30-2/h3-12H,1-2H3,(H,27,29)/b9-8+. The lowest BCUT2D eigenvalue weighted by molar-refractivity contribution is -0.111. The number of ether oxygens (including phenoxy) is 1. The molecule has 2 aromatic heterocycles. The van der Waals surface area contributed by atoms with Crippen LogP contribution in [0.5, 0.6) is 5.75 Å². The number of oxazole rings is 1. The van der Waals surface area contributed by atoms with Crippen molar-refractivity contribution >= 4 is 52.1 Å². The second-order valence-electron chi connectivity index (χ2n) is 6.65. The third kappa shape index (κ3) is 4.40. The lowest BCUT2D eigenvalue weighted by Gasteiger charge is -2.10. The van der Waals surface area contributed by atoms with Crippen LogP contribution in [0.25, 0.3) is 28.8 Å². The number of benzene rings is 2. The maximum absolute atomic E-state index is 12.5. The Labute approximate surface area is 188 Å². The van der Waals surface area contributed by atoms with Crippen LogP contribution in [-0.4, -0.2) is 23.0 Å². The molecule has 1 N–H and O–H groups in total. The van der Waals surface area contributed by atoms with Crippen LogP contribution in [0.1, 0.15) is 11.1 Å². The number of carbonyl (C=O) groups excluding carboxylic acids is 1. The molecule has 0 bridgehead atoms. The topological polar surface area (TPSA) is 77.2 Å². The van der Waals surface area contributed by atoms with Crippen LogP contribution in [0, 0.1) is 6.92 Å². The molecule has 0 fully saturated rings. The zero-order chi connectivity index (χ0) is 22.0. The van der Waals surface area contributed by atoms with Crippen molar-refractivity contribution in [3.8, 4) is 17.2 Å². The van der Waals surface area contributed by atoms with Gasteiger partial charge in [-0.05, 0) is 55.0 Å². The van der Waals surface area contributed by atoms with Crippen LogP contribution in [-0.2, 0) is 4.79 Å². The molecule has 156 valence electrons. The molecule has 4 rings (SSSR count). The molecular formula is C23H17Cl2N3O3. The zero-order valence-electron chi connectivity index (χ0n) is 16.6. The molecule has 2 aromatic carbocycles. The lowest BCUT2D eigenvalue weighted by atomic mass is 10.1. The average Bonchev–Trinajstić information content (AvgIpc) is 3.17. The van der Waals surface area contributed by atoms with Crippen molar-refractivity contribution in [3.05, 3.63) is 75.9 Å².